The lowest BCUT2D eigenvalue weighted by Gasteiger charge is -2.19. The van der Waals surface area contributed by atoms with Crippen molar-refractivity contribution in [3.8, 4) is 5.75 Å². The lowest BCUT2D eigenvalue weighted by atomic mass is 10.2. The van der Waals surface area contributed by atoms with E-state index in [1.54, 1.807) is 24.4 Å². The van der Waals surface area contributed by atoms with E-state index in [1.165, 1.54) is 0 Å². The van der Waals surface area contributed by atoms with E-state index in [2.05, 4.69) is 10.3 Å². The average Bonchev–Trinajstić information content (AvgIpc) is 2.43. The van der Waals surface area contributed by atoms with Crippen LogP contribution in [0.2, 0.25) is 0 Å². The Bertz CT molecular complexity index is 662. The lowest BCUT2D eigenvalue weighted by Crippen LogP contribution is -2.32. The van der Waals surface area contributed by atoms with Gasteiger partial charge in [-0.25, -0.2) is 8.42 Å². The molecular weight excluding hydrogens is 252 g/mol. The molecule has 0 radical (unpaired) electrons. The topological polar surface area (TPSA) is 68.3 Å². The first kappa shape index (κ1) is 11.3. The van der Waals surface area contributed by atoms with E-state index in [0.717, 1.165) is 0 Å². The smallest absolute Gasteiger partial charge is 0.202 e. The number of dihydropyridines is 1. The minimum atomic E-state index is -3.44. The van der Waals surface area contributed by atoms with Crippen molar-refractivity contribution >= 4 is 9.84 Å². The lowest BCUT2D eigenvalue weighted by molar-refractivity contribution is 0.427. The molecule has 1 N–H and O–H groups in total. The molecule has 0 fully saturated rings. The molecule has 0 aliphatic carbocycles. The second-order valence-electron chi connectivity index (χ2n) is 4.29. The molecule has 3 rings (SSSR count). The number of allylic oxidation sites excluding steroid dienone is 1. The number of nitrogens with one attached hydrogen (secondary N) is 1. The summed E-state index contributed by atoms with van der Waals surface area (Å²) < 4.78 is 30.2. The summed E-state index contributed by atoms with van der Waals surface area (Å²) in [5, 5.41) is 3.08. The van der Waals surface area contributed by atoms with E-state index in [0.29, 0.717) is 17.2 Å². The molecule has 6 heteroatoms. The molecule has 2 aliphatic rings. The number of aromatic nitrogens is 1. The predicted octanol–water partition coefficient (Wildman–Crippen LogP) is 1.11. The van der Waals surface area contributed by atoms with Crippen molar-refractivity contribution in [3.05, 3.63) is 47.0 Å². The Morgan fingerprint density at radius 3 is 3.17 bits per heavy atom. The van der Waals surface area contributed by atoms with Crippen LogP contribution in [0.5, 0.6) is 5.75 Å². The highest BCUT2D eigenvalue weighted by Crippen LogP contribution is 2.30. The number of fused-ring (bicyclic) bond motifs is 1. The normalized spacial score (nSPS) is 24.4. The predicted molar refractivity (Wildman–Crippen MR) is 66.3 cm³/mol. The van der Waals surface area contributed by atoms with Crippen LogP contribution >= 0.6 is 0 Å². The van der Waals surface area contributed by atoms with Crippen molar-refractivity contribution in [2.75, 3.05) is 0 Å². The van der Waals surface area contributed by atoms with Gasteiger partial charge in [0.25, 0.3) is 0 Å². The van der Waals surface area contributed by atoms with E-state index < -0.39 is 9.84 Å². The van der Waals surface area contributed by atoms with Gasteiger partial charge in [-0.3, -0.25) is 4.98 Å². The first-order valence-corrected chi connectivity index (χ1v) is 7.25. The third-order valence-corrected chi connectivity index (χ3v) is 4.42. The first-order valence-electron chi connectivity index (χ1n) is 5.60. The molecule has 0 aromatic carbocycles. The monoisotopic (exact) mass is 264 g/mol. The molecule has 3 heterocycles. The molecule has 5 nitrogen and oxygen atoms in total. The van der Waals surface area contributed by atoms with Gasteiger partial charge < -0.3 is 10.1 Å². The fraction of sp³-hybridized carbons (Fsp3) is 0.250. The van der Waals surface area contributed by atoms with Gasteiger partial charge in [-0.2, -0.15) is 0 Å². The summed E-state index contributed by atoms with van der Waals surface area (Å²) in [6, 6.07) is 3.41. The summed E-state index contributed by atoms with van der Waals surface area (Å²) in [7, 11) is -3.44. The Hall–Kier alpha value is -1.82. The Labute approximate surface area is 105 Å². The van der Waals surface area contributed by atoms with Gasteiger partial charge in [-0.15, -0.1) is 0 Å². The molecule has 18 heavy (non-hydrogen) atoms. The number of rotatable bonds is 0. The van der Waals surface area contributed by atoms with Crippen LogP contribution in [0.4, 0.5) is 0 Å². The maximum Gasteiger partial charge on any atom is 0.202 e. The number of ether oxygens (including phenoxy) is 1. The van der Waals surface area contributed by atoms with Crippen LogP contribution < -0.4 is 10.1 Å². The Kier molecular flexibility index (Phi) is 2.41. The molecule has 0 bridgehead atoms. The molecule has 1 aromatic heterocycles. The zero-order chi connectivity index (χ0) is 12.8. The zero-order valence-electron chi connectivity index (χ0n) is 9.75. The van der Waals surface area contributed by atoms with Crippen molar-refractivity contribution in [1.82, 2.24) is 10.3 Å². The SMILES string of the molecule is CC1C=CC2=C(N1)S(=O)(=O)Cc1ncccc1O2. The number of hydrogen-bond acceptors (Lipinski definition) is 5. The summed E-state index contributed by atoms with van der Waals surface area (Å²) in [4.78, 5) is 4.07. The highest BCUT2D eigenvalue weighted by Gasteiger charge is 2.31. The van der Waals surface area contributed by atoms with Gasteiger partial charge in [0.1, 0.15) is 11.5 Å². The standard InChI is InChI=1S/C12H12N2O3S/c1-8-4-5-11-12(14-8)18(15,16)7-9-10(17-11)3-2-6-13-9/h2-6,8,14H,7H2,1H3. The van der Waals surface area contributed by atoms with Gasteiger partial charge in [0.2, 0.25) is 9.84 Å². The minimum absolute atomic E-state index is 0.0312. The summed E-state index contributed by atoms with van der Waals surface area (Å²) in [6.07, 6.45) is 5.11. The van der Waals surface area contributed by atoms with Crippen molar-refractivity contribution < 1.29 is 13.2 Å². The molecule has 1 unspecified atom stereocenters. The van der Waals surface area contributed by atoms with Crippen molar-refractivity contribution in [2.24, 2.45) is 0 Å². The molecule has 0 saturated carbocycles. The number of nitrogens with zero attached hydrogens (tertiary/aromatic N) is 1. The summed E-state index contributed by atoms with van der Waals surface area (Å²) in [5.74, 6) is 0.683. The van der Waals surface area contributed by atoms with Gasteiger partial charge in [0.05, 0.1) is 5.69 Å². The Morgan fingerprint density at radius 2 is 2.33 bits per heavy atom. The second-order valence-corrected chi connectivity index (χ2v) is 6.22. The van der Waals surface area contributed by atoms with Crippen LogP contribution in [0.1, 0.15) is 12.6 Å². The second kappa shape index (κ2) is 3.84. The quantitative estimate of drug-likeness (QED) is 0.760. The molecule has 2 aliphatic heterocycles. The molecule has 0 amide bonds. The maximum atomic E-state index is 12.3. The fourth-order valence-corrected chi connectivity index (χ4v) is 3.45. The molecule has 0 spiro atoms. The van der Waals surface area contributed by atoms with Crippen molar-refractivity contribution in [3.63, 3.8) is 0 Å². The highest BCUT2D eigenvalue weighted by molar-refractivity contribution is 7.94. The van der Waals surface area contributed by atoms with Gasteiger partial charge in [-0.05, 0) is 25.1 Å². The highest BCUT2D eigenvalue weighted by atomic mass is 32.2. The Balaban J connectivity index is 2.17. The summed E-state index contributed by atoms with van der Waals surface area (Å²) in [5.41, 5.74) is 0.440. The van der Waals surface area contributed by atoms with E-state index >= 15 is 0 Å². The van der Waals surface area contributed by atoms with E-state index in [9.17, 15) is 8.42 Å². The number of pyridine rings is 1. The zero-order valence-corrected chi connectivity index (χ0v) is 10.6. The van der Waals surface area contributed by atoms with E-state index in [4.69, 9.17) is 4.74 Å². The van der Waals surface area contributed by atoms with Crippen molar-refractivity contribution in [1.29, 1.82) is 0 Å². The summed E-state index contributed by atoms with van der Waals surface area (Å²) in [6.45, 7) is 1.88. The van der Waals surface area contributed by atoms with Crippen LogP contribution in [0.3, 0.4) is 0 Å². The molecule has 1 aromatic rings. The largest absolute Gasteiger partial charge is 0.452 e. The van der Waals surface area contributed by atoms with Crippen LogP contribution in [-0.2, 0) is 15.6 Å². The van der Waals surface area contributed by atoms with Gasteiger partial charge in [0.15, 0.2) is 10.8 Å². The van der Waals surface area contributed by atoms with Gasteiger partial charge in [0, 0.05) is 12.2 Å². The number of sulfone groups is 1. The summed E-state index contributed by atoms with van der Waals surface area (Å²) >= 11 is 0. The van der Waals surface area contributed by atoms with Crippen LogP contribution in [0, 0.1) is 0 Å². The average molecular weight is 264 g/mol. The third-order valence-electron chi connectivity index (χ3n) is 2.82. The van der Waals surface area contributed by atoms with Crippen LogP contribution in [0.25, 0.3) is 0 Å². The Morgan fingerprint density at radius 1 is 1.50 bits per heavy atom. The first-order chi connectivity index (χ1) is 8.56. The molecular formula is C12H12N2O3S. The maximum absolute atomic E-state index is 12.3. The fourth-order valence-electron chi connectivity index (χ4n) is 1.95. The van der Waals surface area contributed by atoms with E-state index in [-0.39, 0.29) is 16.8 Å². The number of hydrogen-bond donors (Lipinski definition) is 1. The molecule has 1 atom stereocenters. The third kappa shape index (κ3) is 1.78. The molecule has 0 saturated heterocycles. The van der Waals surface area contributed by atoms with E-state index in [1.807, 2.05) is 13.0 Å². The van der Waals surface area contributed by atoms with Crippen LogP contribution in [-0.4, -0.2) is 19.4 Å². The molecule has 94 valence electrons. The minimum Gasteiger partial charge on any atom is -0.452 e. The van der Waals surface area contributed by atoms with Crippen LogP contribution in [0.15, 0.2) is 41.3 Å². The van der Waals surface area contributed by atoms with Gasteiger partial charge in [-0.1, -0.05) is 6.08 Å². The van der Waals surface area contributed by atoms with Crippen molar-refractivity contribution in [2.45, 2.75) is 18.7 Å². The van der Waals surface area contributed by atoms with Gasteiger partial charge >= 0.3 is 0 Å².